The van der Waals surface area contributed by atoms with Crippen LogP contribution in [0.15, 0.2) is 28.9 Å². The van der Waals surface area contributed by atoms with Gasteiger partial charge in [0.25, 0.3) is 5.91 Å². The van der Waals surface area contributed by atoms with Gasteiger partial charge in [-0.25, -0.2) is 0 Å². The van der Waals surface area contributed by atoms with Gasteiger partial charge in [-0.2, -0.15) is 0 Å². The van der Waals surface area contributed by atoms with Crippen molar-refractivity contribution >= 4 is 29.0 Å². The Bertz CT molecular complexity index is 1200. The number of hydrogen-bond acceptors (Lipinski definition) is 5. The number of rotatable bonds is 5. The van der Waals surface area contributed by atoms with Crippen LogP contribution in [0.4, 0.5) is 0 Å². The first-order valence-electron chi connectivity index (χ1n) is 10.9. The number of aryl methyl sites for hydroxylation is 1. The van der Waals surface area contributed by atoms with Crippen molar-refractivity contribution in [1.29, 1.82) is 0 Å². The van der Waals surface area contributed by atoms with Crippen LogP contribution in [0.25, 0.3) is 22.2 Å². The van der Waals surface area contributed by atoms with Gasteiger partial charge in [0.1, 0.15) is 5.76 Å². The fourth-order valence-corrected chi connectivity index (χ4v) is 4.95. The quantitative estimate of drug-likeness (QED) is 0.531. The molecule has 3 heterocycles. The Balaban J connectivity index is 1.52. The van der Waals surface area contributed by atoms with Crippen molar-refractivity contribution in [3.05, 3.63) is 46.8 Å². The summed E-state index contributed by atoms with van der Waals surface area (Å²) in [5.74, 6) is -0.162. The Morgan fingerprint density at radius 1 is 1.16 bits per heavy atom. The van der Waals surface area contributed by atoms with Crippen LogP contribution >= 0.6 is 0 Å². The van der Waals surface area contributed by atoms with E-state index in [1.54, 1.807) is 18.2 Å². The highest BCUT2D eigenvalue weighted by atomic mass is 16.5. The highest BCUT2D eigenvalue weighted by molar-refractivity contribution is 6.11. The van der Waals surface area contributed by atoms with Crippen LogP contribution in [-0.4, -0.2) is 42.3 Å². The summed E-state index contributed by atoms with van der Waals surface area (Å²) < 4.78 is 11.0. The third-order valence-corrected chi connectivity index (χ3v) is 6.61. The van der Waals surface area contributed by atoms with E-state index in [1.807, 2.05) is 0 Å². The Labute approximate surface area is 184 Å². The summed E-state index contributed by atoms with van der Waals surface area (Å²) in [6, 6.07) is 5.20. The number of aromatic amines is 1. The first kappa shape index (κ1) is 20.5. The second kappa shape index (κ2) is 8.27. The zero-order valence-corrected chi connectivity index (χ0v) is 17.6. The lowest BCUT2D eigenvalue weighted by Gasteiger charge is -2.27. The molecule has 0 saturated carbocycles. The number of ether oxygens (including phenoxy) is 1. The lowest BCUT2D eigenvalue weighted by atomic mass is 9.84. The SMILES string of the molecule is NC(=O)c1ccc(-c2occc2C=O)c2c3c([nH]c12)CC(C(=O)NC1CCOCC1)CC3. The first-order chi connectivity index (χ1) is 15.6. The van der Waals surface area contributed by atoms with Gasteiger partial charge in [0, 0.05) is 41.8 Å². The van der Waals surface area contributed by atoms with Crippen LogP contribution in [0.3, 0.4) is 0 Å². The predicted octanol–water partition coefficient (Wildman–Crippen LogP) is 2.74. The number of amides is 2. The molecule has 0 bridgehead atoms. The van der Waals surface area contributed by atoms with Gasteiger partial charge in [-0.1, -0.05) is 0 Å². The summed E-state index contributed by atoms with van der Waals surface area (Å²) in [5, 5.41) is 4.00. The van der Waals surface area contributed by atoms with E-state index >= 15 is 0 Å². The van der Waals surface area contributed by atoms with Crippen LogP contribution < -0.4 is 11.1 Å². The number of H-pyrrole nitrogens is 1. The van der Waals surface area contributed by atoms with Crippen LogP contribution in [0, 0.1) is 5.92 Å². The number of nitrogens with one attached hydrogen (secondary N) is 2. The molecule has 5 rings (SSSR count). The highest BCUT2D eigenvalue weighted by Gasteiger charge is 2.31. The number of carbonyl (C=O) groups excluding carboxylic acids is 3. The second-order valence-electron chi connectivity index (χ2n) is 8.51. The summed E-state index contributed by atoms with van der Waals surface area (Å²) in [5.41, 5.74) is 9.77. The summed E-state index contributed by atoms with van der Waals surface area (Å²) in [6.07, 6.45) is 5.83. The Hall–Kier alpha value is -3.39. The third kappa shape index (κ3) is 3.50. The molecule has 1 unspecified atom stereocenters. The average Bonchev–Trinajstić information content (AvgIpc) is 3.43. The molecule has 3 aromatic rings. The zero-order valence-electron chi connectivity index (χ0n) is 17.6. The number of hydrogen-bond donors (Lipinski definition) is 3. The smallest absolute Gasteiger partial charge is 0.250 e. The minimum atomic E-state index is -0.538. The largest absolute Gasteiger partial charge is 0.464 e. The average molecular weight is 435 g/mol. The van der Waals surface area contributed by atoms with Crippen molar-refractivity contribution in [3.63, 3.8) is 0 Å². The minimum Gasteiger partial charge on any atom is -0.464 e. The Kier molecular flexibility index (Phi) is 5.30. The molecule has 1 aliphatic carbocycles. The fourth-order valence-electron chi connectivity index (χ4n) is 4.95. The van der Waals surface area contributed by atoms with Crippen molar-refractivity contribution in [3.8, 4) is 11.3 Å². The first-order valence-corrected chi connectivity index (χ1v) is 10.9. The molecule has 1 aromatic carbocycles. The topological polar surface area (TPSA) is 127 Å². The molecule has 2 aromatic heterocycles. The maximum Gasteiger partial charge on any atom is 0.250 e. The molecule has 2 amide bonds. The lowest BCUT2D eigenvalue weighted by Crippen LogP contribution is -2.43. The van der Waals surface area contributed by atoms with E-state index in [4.69, 9.17) is 14.9 Å². The molecule has 8 heteroatoms. The molecule has 4 N–H and O–H groups in total. The van der Waals surface area contributed by atoms with E-state index in [2.05, 4.69) is 10.3 Å². The van der Waals surface area contributed by atoms with Crippen LogP contribution in [0.2, 0.25) is 0 Å². The molecule has 32 heavy (non-hydrogen) atoms. The number of fused-ring (bicyclic) bond motifs is 3. The van der Waals surface area contributed by atoms with Gasteiger partial charge >= 0.3 is 0 Å². The number of furan rings is 1. The van der Waals surface area contributed by atoms with E-state index in [1.165, 1.54) is 6.26 Å². The summed E-state index contributed by atoms with van der Waals surface area (Å²) >= 11 is 0. The van der Waals surface area contributed by atoms with Crippen molar-refractivity contribution in [1.82, 2.24) is 10.3 Å². The summed E-state index contributed by atoms with van der Waals surface area (Å²) in [7, 11) is 0. The molecule has 0 radical (unpaired) electrons. The van der Waals surface area contributed by atoms with Crippen molar-refractivity contribution in [2.24, 2.45) is 11.7 Å². The predicted molar refractivity (Wildman–Crippen MR) is 117 cm³/mol. The molecule has 2 aliphatic rings. The molecule has 1 aliphatic heterocycles. The van der Waals surface area contributed by atoms with Gasteiger partial charge in [-0.05, 0) is 55.9 Å². The van der Waals surface area contributed by atoms with Crippen molar-refractivity contribution in [2.45, 2.75) is 38.1 Å². The van der Waals surface area contributed by atoms with Crippen molar-refractivity contribution < 1.29 is 23.5 Å². The van der Waals surface area contributed by atoms with Crippen LogP contribution in [0.1, 0.15) is 51.2 Å². The minimum absolute atomic E-state index is 0.0610. The Morgan fingerprint density at radius 2 is 1.97 bits per heavy atom. The van der Waals surface area contributed by atoms with Crippen LogP contribution in [0.5, 0.6) is 0 Å². The highest BCUT2D eigenvalue weighted by Crippen LogP contribution is 2.40. The molecule has 0 spiro atoms. The monoisotopic (exact) mass is 435 g/mol. The number of aromatic nitrogens is 1. The van der Waals surface area contributed by atoms with Gasteiger partial charge in [-0.15, -0.1) is 0 Å². The summed E-state index contributed by atoms with van der Waals surface area (Å²) in [4.78, 5) is 39.9. The van der Waals surface area contributed by atoms with E-state index in [0.29, 0.717) is 54.9 Å². The maximum absolute atomic E-state index is 12.9. The molecule has 166 valence electrons. The number of carbonyl (C=O) groups is 3. The molecule has 1 saturated heterocycles. The van der Waals surface area contributed by atoms with E-state index < -0.39 is 5.91 Å². The molecular weight excluding hydrogens is 410 g/mol. The lowest BCUT2D eigenvalue weighted by molar-refractivity contribution is -0.126. The van der Waals surface area contributed by atoms with Gasteiger partial charge in [0.2, 0.25) is 5.91 Å². The van der Waals surface area contributed by atoms with E-state index in [0.717, 1.165) is 41.3 Å². The number of aldehydes is 1. The normalized spacial score (nSPS) is 18.9. The Morgan fingerprint density at radius 3 is 2.72 bits per heavy atom. The number of benzene rings is 1. The third-order valence-electron chi connectivity index (χ3n) is 6.61. The molecule has 1 atom stereocenters. The van der Waals surface area contributed by atoms with Gasteiger partial charge in [-0.3, -0.25) is 14.4 Å². The summed E-state index contributed by atoms with van der Waals surface area (Å²) in [6.45, 7) is 1.35. The van der Waals surface area contributed by atoms with Gasteiger partial charge < -0.3 is 25.2 Å². The number of nitrogens with two attached hydrogens (primary N) is 1. The zero-order chi connectivity index (χ0) is 22.2. The van der Waals surface area contributed by atoms with E-state index in [-0.39, 0.29) is 17.9 Å². The number of primary amides is 1. The second-order valence-corrected chi connectivity index (χ2v) is 8.51. The van der Waals surface area contributed by atoms with E-state index in [9.17, 15) is 14.4 Å². The van der Waals surface area contributed by atoms with Gasteiger partial charge in [0.05, 0.1) is 22.9 Å². The molecule has 8 nitrogen and oxygen atoms in total. The standard InChI is InChI=1S/C24H25N3O5/c25-23(29)18-4-3-17(22-14(12-28)5-10-32-22)20-16-2-1-13(11-19(16)27-21(18)20)24(30)26-15-6-8-31-9-7-15/h3-5,10,12-13,15,27H,1-2,6-9,11H2,(H2,25,29)(H,26,30). The molecule has 1 fully saturated rings. The van der Waals surface area contributed by atoms with Crippen LogP contribution in [-0.2, 0) is 22.4 Å². The van der Waals surface area contributed by atoms with Gasteiger partial charge in [0.15, 0.2) is 6.29 Å². The maximum atomic E-state index is 12.9. The fraction of sp³-hybridized carbons (Fsp3) is 0.375. The molecular formula is C24H25N3O5. The van der Waals surface area contributed by atoms with Crippen molar-refractivity contribution in [2.75, 3.05) is 13.2 Å².